The van der Waals surface area contributed by atoms with Gasteiger partial charge in [0.1, 0.15) is 0 Å². The van der Waals surface area contributed by atoms with E-state index in [-0.39, 0.29) is 18.5 Å². The summed E-state index contributed by atoms with van der Waals surface area (Å²) >= 11 is 0. The Morgan fingerprint density at radius 2 is 0.543 bits per heavy atom. The van der Waals surface area contributed by atoms with Crippen molar-refractivity contribution in [1.82, 2.24) is 5.32 Å². The van der Waals surface area contributed by atoms with Crippen LogP contribution in [0.3, 0.4) is 0 Å². The maximum Gasteiger partial charge on any atom is 0.305 e. The maximum absolute atomic E-state index is 12.6. The Hall–Kier alpha value is -1.92. The normalized spacial score (nSPS) is 12.6. The van der Waals surface area contributed by atoms with Gasteiger partial charge in [-0.25, -0.2) is 0 Å². The van der Waals surface area contributed by atoms with E-state index in [0.29, 0.717) is 25.9 Å². The summed E-state index contributed by atoms with van der Waals surface area (Å²) in [6, 6.07) is -0.541. The van der Waals surface area contributed by atoms with Gasteiger partial charge >= 0.3 is 5.97 Å². The fourth-order valence-electron chi connectivity index (χ4n) is 13.5. The molecule has 0 saturated heterocycles. The lowest BCUT2D eigenvalue weighted by Gasteiger charge is -2.22. The molecule has 0 rings (SSSR count). The van der Waals surface area contributed by atoms with Crippen LogP contribution < -0.4 is 5.32 Å². The molecule has 0 saturated carbocycles. The van der Waals surface area contributed by atoms with Crippen molar-refractivity contribution in [3.63, 3.8) is 0 Å². The van der Waals surface area contributed by atoms with Crippen molar-refractivity contribution in [2.75, 3.05) is 13.2 Å². The standard InChI is InChI=1S/C86H165NO5/c1-3-5-7-9-11-13-15-17-19-21-23-24-40-43-46-50-54-58-62-66-70-74-78-84(89)83(82-88)87-85(90)79-75-71-67-63-59-55-51-47-44-41-38-36-34-32-30-28-26-25-27-29-31-33-35-37-39-42-45-49-53-57-61-65-69-73-77-81-92-86(91)80-76-72-68-64-60-56-52-48-22-20-18-16-14-12-10-8-6-4-2/h20,22,27,29,33,35,83-84,88-89H,3-19,21,23-26,28,30-32,34,36-82H2,1-2H3,(H,87,90)/b22-20-,29-27-,35-33-. The van der Waals surface area contributed by atoms with Crippen molar-refractivity contribution >= 4 is 11.9 Å². The summed E-state index contributed by atoms with van der Waals surface area (Å²) in [6.45, 7) is 5.00. The second-order valence-electron chi connectivity index (χ2n) is 29.2. The minimum atomic E-state index is -0.664. The minimum Gasteiger partial charge on any atom is -0.466 e. The third kappa shape index (κ3) is 77.1. The van der Waals surface area contributed by atoms with Crippen LogP contribution in [0.4, 0.5) is 0 Å². The molecule has 0 bridgehead atoms. The van der Waals surface area contributed by atoms with Gasteiger partial charge in [0.15, 0.2) is 0 Å². The molecule has 0 radical (unpaired) electrons. The summed E-state index contributed by atoms with van der Waals surface area (Å²) in [7, 11) is 0. The largest absolute Gasteiger partial charge is 0.466 e. The number of hydrogen-bond donors (Lipinski definition) is 3. The fourth-order valence-corrected chi connectivity index (χ4v) is 13.5. The quantitative estimate of drug-likeness (QED) is 0.0320. The first-order valence-corrected chi connectivity index (χ1v) is 42.2. The number of esters is 1. The SMILES string of the molecule is CCCCCCCCC/C=C\CCCCCCCCCC(=O)OCCCCCCCCCCCCC/C=C\C/C=C\CCCCCCCCCCCCCCCCCCCC(=O)NC(CO)C(O)CCCCCCCCCCCCCCCCCCCCCCCC. The van der Waals surface area contributed by atoms with Crippen LogP contribution in [0, 0.1) is 0 Å². The van der Waals surface area contributed by atoms with E-state index in [1.54, 1.807) is 0 Å². The molecule has 2 atom stereocenters. The van der Waals surface area contributed by atoms with Crippen LogP contribution in [0.5, 0.6) is 0 Å². The first-order chi connectivity index (χ1) is 45.5. The zero-order valence-corrected chi connectivity index (χ0v) is 62.6. The molecule has 3 N–H and O–H groups in total. The smallest absolute Gasteiger partial charge is 0.305 e. The summed E-state index contributed by atoms with van der Waals surface area (Å²) in [5, 5.41) is 23.5. The molecule has 1 amide bonds. The summed E-state index contributed by atoms with van der Waals surface area (Å²) in [5.41, 5.74) is 0. The van der Waals surface area contributed by atoms with Gasteiger partial charge in [-0.05, 0) is 83.5 Å². The first-order valence-electron chi connectivity index (χ1n) is 42.2. The number of aliphatic hydroxyl groups excluding tert-OH is 2. The van der Waals surface area contributed by atoms with Gasteiger partial charge < -0.3 is 20.3 Å². The monoisotopic (exact) mass is 1290 g/mol. The van der Waals surface area contributed by atoms with Crippen LogP contribution in [0.25, 0.3) is 0 Å². The molecule has 2 unspecified atom stereocenters. The zero-order chi connectivity index (χ0) is 66.3. The second kappa shape index (κ2) is 81.5. The van der Waals surface area contributed by atoms with Gasteiger partial charge in [-0.1, -0.05) is 416 Å². The van der Waals surface area contributed by atoms with Gasteiger partial charge in [0.25, 0.3) is 0 Å². The summed E-state index contributed by atoms with van der Waals surface area (Å²) < 4.78 is 5.51. The molecule has 0 aromatic rings. The lowest BCUT2D eigenvalue weighted by molar-refractivity contribution is -0.143. The van der Waals surface area contributed by atoms with Crippen LogP contribution in [-0.4, -0.2) is 47.4 Å². The molecule has 0 spiro atoms. The Kier molecular flexibility index (Phi) is 79.8. The highest BCUT2D eigenvalue weighted by molar-refractivity contribution is 5.76. The number of carbonyl (C=O) groups is 2. The molecule has 92 heavy (non-hydrogen) atoms. The van der Waals surface area contributed by atoms with Crippen molar-refractivity contribution < 1.29 is 24.5 Å². The van der Waals surface area contributed by atoms with Gasteiger partial charge in [-0.15, -0.1) is 0 Å². The minimum absolute atomic E-state index is 0.0149. The lowest BCUT2D eigenvalue weighted by Crippen LogP contribution is -2.45. The molecule has 6 nitrogen and oxygen atoms in total. The number of rotatable bonds is 80. The summed E-state index contributed by atoms with van der Waals surface area (Å²) in [4.78, 5) is 24.7. The number of nitrogens with one attached hydrogen (secondary N) is 1. The Morgan fingerprint density at radius 1 is 0.304 bits per heavy atom. The van der Waals surface area contributed by atoms with Crippen molar-refractivity contribution in [2.45, 2.75) is 488 Å². The van der Waals surface area contributed by atoms with Crippen LogP contribution in [-0.2, 0) is 14.3 Å². The average Bonchev–Trinajstić information content (AvgIpc) is 3.77. The van der Waals surface area contributed by atoms with Crippen LogP contribution in [0.2, 0.25) is 0 Å². The van der Waals surface area contributed by atoms with Crippen molar-refractivity contribution in [1.29, 1.82) is 0 Å². The molecular weight excluding hydrogens is 1130 g/mol. The Balaban J connectivity index is 3.36. The molecule has 0 aliphatic rings. The maximum atomic E-state index is 12.6. The number of aliphatic hydroxyl groups is 2. The van der Waals surface area contributed by atoms with Crippen molar-refractivity contribution in [3.8, 4) is 0 Å². The first kappa shape index (κ1) is 90.1. The number of ether oxygens (including phenoxy) is 1. The summed E-state index contributed by atoms with van der Waals surface area (Å²) in [5.74, 6) is -0.0124. The van der Waals surface area contributed by atoms with E-state index in [4.69, 9.17) is 4.74 Å². The van der Waals surface area contributed by atoms with Gasteiger partial charge in [0.05, 0.1) is 25.4 Å². The Labute approximate surface area is 576 Å². The predicted molar refractivity (Wildman–Crippen MR) is 407 cm³/mol. The summed E-state index contributed by atoms with van der Waals surface area (Å²) in [6.07, 6.45) is 107. The molecule has 544 valence electrons. The third-order valence-electron chi connectivity index (χ3n) is 19.9. The predicted octanol–water partition coefficient (Wildman–Crippen LogP) is 28.2. The molecule has 6 heteroatoms. The fraction of sp³-hybridized carbons (Fsp3) is 0.907. The Bertz CT molecular complexity index is 1490. The second-order valence-corrected chi connectivity index (χ2v) is 29.2. The lowest BCUT2D eigenvalue weighted by atomic mass is 10.0. The van der Waals surface area contributed by atoms with E-state index in [9.17, 15) is 19.8 Å². The van der Waals surface area contributed by atoms with E-state index in [0.717, 1.165) is 51.4 Å². The molecule has 0 heterocycles. The number of hydrogen-bond acceptors (Lipinski definition) is 5. The number of allylic oxidation sites excluding steroid dienone is 6. The third-order valence-corrected chi connectivity index (χ3v) is 19.9. The molecule has 0 aromatic heterocycles. The number of carbonyl (C=O) groups excluding carboxylic acids is 2. The van der Waals surface area contributed by atoms with E-state index in [2.05, 4.69) is 55.6 Å². The van der Waals surface area contributed by atoms with Crippen LogP contribution >= 0.6 is 0 Å². The highest BCUT2D eigenvalue weighted by Gasteiger charge is 2.20. The highest BCUT2D eigenvalue weighted by Crippen LogP contribution is 2.20. The zero-order valence-electron chi connectivity index (χ0n) is 62.6. The van der Waals surface area contributed by atoms with Gasteiger partial charge in [0.2, 0.25) is 5.91 Å². The van der Waals surface area contributed by atoms with Crippen LogP contribution in [0.1, 0.15) is 476 Å². The van der Waals surface area contributed by atoms with Crippen molar-refractivity contribution in [2.24, 2.45) is 0 Å². The van der Waals surface area contributed by atoms with Crippen LogP contribution in [0.15, 0.2) is 36.5 Å². The molecule has 0 aromatic carbocycles. The molecular formula is C86H165NO5. The topological polar surface area (TPSA) is 95.9 Å². The molecule has 0 fully saturated rings. The van der Waals surface area contributed by atoms with Gasteiger partial charge in [0, 0.05) is 12.8 Å². The number of amides is 1. The Morgan fingerprint density at radius 3 is 0.837 bits per heavy atom. The van der Waals surface area contributed by atoms with E-state index in [1.807, 2.05) is 0 Å². The molecule has 0 aliphatic heterocycles. The van der Waals surface area contributed by atoms with Gasteiger partial charge in [-0.3, -0.25) is 9.59 Å². The van der Waals surface area contributed by atoms with E-state index >= 15 is 0 Å². The highest BCUT2D eigenvalue weighted by atomic mass is 16.5. The molecule has 0 aliphatic carbocycles. The van der Waals surface area contributed by atoms with E-state index in [1.165, 1.54) is 392 Å². The van der Waals surface area contributed by atoms with Crippen molar-refractivity contribution in [3.05, 3.63) is 36.5 Å². The van der Waals surface area contributed by atoms with E-state index < -0.39 is 12.1 Å². The van der Waals surface area contributed by atoms with Gasteiger partial charge in [-0.2, -0.15) is 0 Å². The number of unbranched alkanes of at least 4 members (excludes halogenated alkanes) is 63. The average molecular weight is 1290 g/mol.